The number of hydrogen-bond donors (Lipinski definition) is 0. The van der Waals surface area contributed by atoms with Crippen LogP contribution in [-0.4, -0.2) is 11.5 Å². The van der Waals surface area contributed by atoms with Gasteiger partial charge in [-0.1, -0.05) is 53.0 Å². The van der Waals surface area contributed by atoms with E-state index in [1.165, 1.54) is 11.8 Å². The van der Waals surface area contributed by atoms with Crippen molar-refractivity contribution < 1.29 is 4.79 Å². The van der Waals surface area contributed by atoms with E-state index in [1.54, 1.807) is 18.2 Å². The lowest BCUT2D eigenvalue weighted by Crippen LogP contribution is -2.02. The fraction of sp³-hybridized carbons (Fsp3) is 0.133. The van der Waals surface area contributed by atoms with Crippen molar-refractivity contribution in [2.24, 2.45) is 0 Å². The number of Topliss-reactive ketones (excluding diaryl/α,β-unsaturated/α-hetero) is 1. The molecular formula is C15H11Cl3OS. The number of halogens is 3. The van der Waals surface area contributed by atoms with Crippen molar-refractivity contribution in [3.63, 3.8) is 0 Å². The Bertz CT molecular complexity index is 628. The van der Waals surface area contributed by atoms with Crippen LogP contribution >= 0.6 is 46.6 Å². The van der Waals surface area contributed by atoms with Gasteiger partial charge in [-0.25, -0.2) is 0 Å². The number of thioether (sulfide) groups is 1. The van der Waals surface area contributed by atoms with Crippen molar-refractivity contribution in [2.75, 3.05) is 5.75 Å². The van der Waals surface area contributed by atoms with Crippen LogP contribution < -0.4 is 0 Å². The highest BCUT2D eigenvalue weighted by Crippen LogP contribution is 2.24. The summed E-state index contributed by atoms with van der Waals surface area (Å²) >= 11 is 19.3. The Morgan fingerprint density at radius 2 is 1.70 bits per heavy atom. The van der Waals surface area contributed by atoms with Gasteiger partial charge < -0.3 is 0 Å². The summed E-state index contributed by atoms with van der Waals surface area (Å²) in [6.07, 6.45) is 0. The molecule has 0 heterocycles. The van der Waals surface area contributed by atoms with Gasteiger partial charge in [0.15, 0.2) is 5.78 Å². The molecule has 20 heavy (non-hydrogen) atoms. The molecule has 0 saturated heterocycles. The van der Waals surface area contributed by atoms with Crippen LogP contribution in [0.4, 0.5) is 0 Å². The van der Waals surface area contributed by atoms with E-state index >= 15 is 0 Å². The highest BCUT2D eigenvalue weighted by atomic mass is 35.5. The van der Waals surface area contributed by atoms with Crippen molar-refractivity contribution in [3.05, 3.63) is 68.7 Å². The molecule has 0 unspecified atom stereocenters. The normalized spacial score (nSPS) is 10.6. The second-order valence-corrected chi connectivity index (χ2v) is 6.34. The summed E-state index contributed by atoms with van der Waals surface area (Å²) in [5.74, 6) is 1.11. The Kier molecular flexibility index (Phi) is 5.79. The standard InChI is InChI=1S/C15H11Cl3OS/c16-12-4-2-1-3-11(12)8-20-9-15(19)10-5-6-13(17)14(18)7-10/h1-7H,8-9H2. The molecule has 0 bridgehead atoms. The minimum Gasteiger partial charge on any atom is -0.293 e. The monoisotopic (exact) mass is 344 g/mol. The summed E-state index contributed by atoms with van der Waals surface area (Å²) in [6.45, 7) is 0. The SMILES string of the molecule is O=C(CSCc1ccccc1Cl)c1ccc(Cl)c(Cl)c1. The van der Waals surface area contributed by atoms with Crippen LogP contribution in [0.2, 0.25) is 15.1 Å². The van der Waals surface area contributed by atoms with Crippen LogP contribution in [0.1, 0.15) is 15.9 Å². The first kappa shape index (κ1) is 15.7. The van der Waals surface area contributed by atoms with E-state index in [1.807, 2.05) is 24.3 Å². The Morgan fingerprint density at radius 3 is 2.40 bits per heavy atom. The van der Waals surface area contributed by atoms with Gasteiger partial charge in [-0.2, -0.15) is 0 Å². The maximum absolute atomic E-state index is 12.0. The number of ketones is 1. The Labute approximate surface area is 137 Å². The summed E-state index contributed by atoms with van der Waals surface area (Å²) in [5.41, 5.74) is 1.60. The lowest BCUT2D eigenvalue weighted by atomic mass is 10.1. The summed E-state index contributed by atoms with van der Waals surface area (Å²) in [6, 6.07) is 12.5. The fourth-order valence-electron chi connectivity index (χ4n) is 1.62. The molecule has 0 radical (unpaired) electrons. The zero-order valence-corrected chi connectivity index (χ0v) is 13.5. The quantitative estimate of drug-likeness (QED) is 0.640. The number of carbonyl (C=O) groups is 1. The number of benzene rings is 2. The second kappa shape index (κ2) is 7.37. The van der Waals surface area contributed by atoms with Crippen molar-refractivity contribution in [1.82, 2.24) is 0 Å². The van der Waals surface area contributed by atoms with E-state index in [2.05, 4.69) is 0 Å². The van der Waals surface area contributed by atoms with Gasteiger partial charge in [0, 0.05) is 16.3 Å². The fourth-order valence-corrected chi connectivity index (χ4v) is 3.13. The molecule has 0 N–H and O–H groups in total. The van der Waals surface area contributed by atoms with Gasteiger partial charge in [0.1, 0.15) is 0 Å². The average molecular weight is 346 g/mol. The number of rotatable bonds is 5. The Hall–Kier alpha value is -0.670. The summed E-state index contributed by atoms with van der Waals surface area (Å²) < 4.78 is 0. The molecule has 0 aromatic heterocycles. The molecule has 0 spiro atoms. The molecule has 0 aliphatic heterocycles. The third kappa shape index (κ3) is 4.16. The van der Waals surface area contributed by atoms with E-state index < -0.39 is 0 Å². The predicted octanol–water partition coefficient (Wildman–Crippen LogP) is 5.76. The van der Waals surface area contributed by atoms with Gasteiger partial charge in [-0.05, 0) is 29.8 Å². The van der Waals surface area contributed by atoms with Gasteiger partial charge in [0.05, 0.1) is 15.8 Å². The van der Waals surface area contributed by atoms with Gasteiger partial charge in [-0.15, -0.1) is 11.8 Å². The van der Waals surface area contributed by atoms with Crippen molar-refractivity contribution in [3.8, 4) is 0 Å². The molecule has 0 fully saturated rings. The van der Waals surface area contributed by atoms with Gasteiger partial charge in [-0.3, -0.25) is 4.79 Å². The zero-order valence-electron chi connectivity index (χ0n) is 10.4. The maximum Gasteiger partial charge on any atom is 0.172 e. The van der Waals surface area contributed by atoms with E-state index in [0.29, 0.717) is 27.1 Å². The summed E-state index contributed by atoms with van der Waals surface area (Å²) in [5, 5.41) is 1.57. The molecular weight excluding hydrogens is 335 g/mol. The first-order valence-electron chi connectivity index (χ1n) is 5.87. The predicted molar refractivity (Wildman–Crippen MR) is 88.4 cm³/mol. The van der Waals surface area contributed by atoms with E-state index in [0.717, 1.165) is 10.6 Å². The lowest BCUT2D eigenvalue weighted by Gasteiger charge is -2.05. The van der Waals surface area contributed by atoms with Crippen LogP contribution in [-0.2, 0) is 5.75 Å². The minimum absolute atomic E-state index is 0.0284. The number of carbonyl (C=O) groups excluding carboxylic acids is 1. The molecule has 1 nitrogen and oxygen atoms in total. The van der Waals surface area contributed by atoms with Crippen molar-refractivity contribution in [1.29, 1.82) is 0 Å². The molecule has 2 aromatic carbocycles. The van der Waals surface area contributed by atoms with Crippen LogP contribution in [0.25, 0.3) is 0 Å². The average Bonchev–Trinajstić information content (AvgIpc) is 2.44. The molecule has 2 aromatic rings. The van der Waals surface area contributed by atoms with Gasteiger partial charge in [0.2, 0.25) is 0 Å². The third-order valence-electron chi connectivity index (χ3n) is 2.69. The Morgan fingerprint density at radius 1 is 0.950 bits per heavy atom. The largest absolute Gasteiger partial charge is 0.293 e. The maximum atomic E-state index is 12.0. The molecule has 0 saturated carbocycles. The van der Waals surface area contributed by atoms with Crippen LogP contribution in [0.5, 0.6) is 0 Å². The topological polar surface area (TPSA) is 17.1 Å². The summed E-state index contributed by atoms with van der Waals surface area (Å²) in [7, 11) is 0. The molecule has 0 aliphatic carbocycles. The molecule has 104 valence electrons. The van der Waals surface area contributed by atoms with Gasteiger partial charge >= 0.3 is 0 Å². The van der Waals surface area contributed by atoms with E-state index in [-0.39, 0.29) is 5.78 Å². The first-order chi connectivity index (χ1) is 9.58. The van der Waals surface area contributed by atoms with E-state index in [4.69, 9.17) is 34.8 Å². The van der Waals surface area contributed by atoms with Crippen LogP contribution in [0.3, 0.4) is 0 Å². The first-order valence-corrected chi connectivity index (χ1v) is 8.16. The van der Waals surface area contributed by atoms with Crippen molar-refractivity contribution in [2.45, 2.75) is 5.75 Å². The Balaban J connectivity index is 1.92. The van der Waals surface area contributed by atoms with Crippen molar-refractivity contribution >= 4 is 52.3 Å². The molecule has 0 amide bonds. The molecule has 0 atom stereocenters. The third-order valence-corrected chi connectivity index (χ3v) is 4.78. The highest BCUT2D eigenvalue weighted by Gasteiger charge is 2.09. The van der Waals surface area contributed by atoms with E-state index in [9.17, 15) is 4.79 Å². The molecule has 2 rings (SSSR count). The van der Waals surface area contributed by atoms with Gasteiger partial charge in [0.25, 0.3) is 0 Å². The number of hydrogen-bond acceptors (Lipinski definition) is 2. The summed E-state index contributed by atoms with van der Waals surface area (Å²) in [4.78, 5) is 12.0. The highest BCUT2D eigenvalue weighted by molar-refractivity contribution is 7.99. The lowest BCUT2D eigenvalue weighted by molar-refractivity contribution is 0.102. The van der Waals surface area contributed by atoms with Crippen LogP contribution in [0, 0.1) is 0 Å². The minimum atomic E-state index is 0.0284. The molecule has 5 heteroatoms. The molecule has 0 aliphatic rings. The second-order valence-electron chi connectivity index (χ2n) is 4.14. The van der Waals surface area contributed by atoms with Crippen LogP contribution in [0.15, 0.2) is 42.5 Å². The smallest absolute Gasteiger partial charge is 0.172 e. The zero-order chi connectivity index (χ0) is 14.5.